The zero-order chi connectivity index (χ0) is 22.7. The monoisotopic (exact) mass is 434 g/mol. The van der Waals surface area contributed by atoms with Gasteiger partial charge in [-0.2, -0.15) is 4.39 Å². The van der Waals surface area contributed by atoms with Gasteiger partial charge in [-0.05, 0) is 38.5 Å². The molecule has 0 amide bonds. The van der Waals surface area contributed by atoms with Crippen molar-refractivity contribution >= 4 is 5.97 Å². The normalized spacial score (nSPS) is 11.8. The van der Waals surface area contributed by atoms with Gasteiger partial charge in [-0.1, -0.05) is 62.6 Å². The van der Waals surface area contributed by atoms with Crippen LogP contribution >= 0.6 is 0 Å². The number of aromatic nitrogens is 2. The van der Waals surface area contributed by atoms with Crippen molar-refractivity contribution in [3.8, 4) is 0 Å². The summed E-state index contributed by atoms with van der Waals surface area (Å²) in [5.74, 6) is -1.38. The lowest BCUT2D eigenvalue weighted by Crippen LogP contribution is -2.32. The molecule has 1 N–H and O–H groups in total. The van der Waals surface area contributed by atoms with E-state index in [1.54, 1.807) is 0 Å². The number of nitrogens with zero attached hydrogens (tertiary/aromatic N) is 1. The lowest BCUT2D eigenvalue weighted by atomic mass is 10.1. The fraction of sp³-hybridized carbons (Fsp3) is 0.542. The standard InChI is InChI=1S/C24H35FN2O4/c1-2-3-4-5-6-7-8-9-10-11-12-13-14-15-16-17-22(28)31-19-18-27-20-21(25)23(29)26-24(27)30/h3-4,6-7,9-10,20H,2,5,8,11-19H2,1H3,(H,26,29,30). The van der Waals surface area contributed by atoms with Crippen LogP contribution in [0.2, 0.25) is 0 Å². The minimum Gasteiger partial charge on any atom is -0.464 e. The predicted molar refractivity (Wildman–Crippen MR) is 122 cm³/mol. The summed E-state index contributed by atoms with van der Waals surface area (Å²) in [6.07, 6.45) is 23.5. The van der Waals surface area contributed by atoms with Gasteiger partial charge in [-0.3, -0.25) is 19.1 Å². The summed E-state index contributed by atoms with van der Waals surface area (Å²) < 4.78 is 19.2. The maximum atomic E-state index is 13.2. The van der Waals surface area contributed by atoms with E-state index < -0.39 is 17.1 Å². The summed E-state index contributed by atoms with van der Waals surface area (Å²) in [7, 11) is 0. The summed E-state index contributed by atoms with van der Waals surface area (Å²) in [5.41, 5.74) is -1.79. The fourth-order valence-corrected chi connectivity index (χ4v) is 2.87. The summed E-state index contributed by atoms with van der Waals surface area (Å²) in [5, 5.41) is 0. The summed E-state index contributed by atoms with van der Waals surface area (Å²) in [6.45, 7) is 2.09. The van der Waals surface area contributed by atoms with Gasteiger partial charge in [-0.15, -0.1) is 0 Å². The number of esters is 1. The molecule has 0 unspecified atom stereocenters. The number of hydrogen-bond acceptors (Lipinski definition) is 4. The Labute approximate surface area is 183 Å². The van der Waals surface area contributed by atoms with Gasteiger partial charge in [0, 0.05) is 6.42 Å². The molecular formula is C24H35FN2O4. The highest BCUT2D eigenvalue weighted by molar-refractivity contribution is 5.69. The molecule has 0 radical (unpaired) electrons. The van der Waals surface area contributed by atoms with E-state index in [9.17, 15) is 18.8 Å². The zero-order valence-corrected chi connectivity index (χ0v) is 18.5. The molecule has 0 saturated carbocycles. The molecule has 0 fully saturated rings. The van der Waals surface area contributed by atoms with Crippen molar-refractivity contribution in [1.29, 1.82) is 0 Å². The molecule has 0 aromatic carbocycles. The molecule has 31 heavy (non-hydrogen) atoms. The highest BCUT2D eigenvalue weighted by Gasteiger charge is 2.06. The van der Waals surface area contributed by atoms with E-state index in [1.807, 2.05) is 4.98 Å². The third kappa shape index (κ3) is 13.3. The molecule has 7 heteroatoms. The number of hydrogen-bond donors (Lipinski definition) is 1. The summed E-state index contributed by atoms with van der Waals surface area (Å²) >= 11 is 0. The Morgan fingerprint density at radius 3 is 2.39 bits per heavy atom. The van der Waals surface area contributed by atoms with E-state index in [0.29, 0.717) is 6.42 Å². The Morgan fingerprint density at radius 2 is 1.65 bits per heavy atom. The molecule has 1 aromatic rings. The number of carbonyl (C=O) groups excluding carboxylic acids is 1. The van der Waals surface area contributed by atoms with Crippen LogP contribution in [-0.4, -0.2) is 22.1 Å². The third-order valence-electron chi connectivity index (χ3n) is 4.59. The zero-order valence-electron chi connectivity index (χ0n) is 18.5. The van der Waals surface area contributed by atoms with Gasteiger partial charge in [0.15, 0.2) is 0 Å². The Kier molecular flexibility index (Phi) is 14.5. The van der Waals surface area contributed by atoms with Crippen molar-refractivity contribution in [2.24, 2.45) is 0 Å². The van der Waals surface area contributed by atoms with Crippen LogP contribution in [0, 0.1) is 5.82 Å². The van der Waals surface area contributed by atoms with Crippen molar-refractivity contribution in [2.45, 2.75) is 77.7 Å². The number of ether oxygens (including phenoxy) is 1. The van der Waals surface area contributed by atoms with Crippen LogP contribution in [0.1, 0.15) is 71.1 Å². The lowest BCUT2D eigenvalue weighted by molar-refractivity contribution is -0.144. The van der Waals surface area contributed by atoms with Crippen molar-refractivity contribution in [2.75, 3.05) is 6.61 Å². The first-order valence-electron chi connectivity index (χ1n) is 11.1. The average Bonchev–Trinajstić information content (AvgIpc) is 2.74. The van der Waals surface area contributed by atoms with E-state index in [1.165, 1.54) is 0 Å². The SMILES string of the molecule is CCC=CCC=CCC=CCCCCCCCC(=O)OCCn1cc(F)c(=O)[nH]c1=O. The Hall–Kier alpha value is -2.70. The number of aromatic amines is 1. The number of unbranched alkanes of at least 4 members (excludes halogenated alkanes) is 5. The fourth-order valence-electron chi connectivity index (χ4n) is 2.87. The van der Waals surface area contributed by atoms with Gasteiger partial charge in [0.1, 0.15) is 6.61 Å². The number of nitrogens with one attached hydrogen (secondary N) is 1. The number of halogens is 1. The summed E-state index contributed by atoms with van der Waals surface area (Å²) in [6, 6.07) is 0. The molecule has 0 aliphatic rings. The lowest BCUT2D eigenvalue weighted by Gasteiger charge is -2.07. The van der Waals surface area contributed by atoms with Gasteiger partial charge in [0.05, 0.1) is 12.7 Å². The van der Waals surface area contributed by atoms with Crippen LogP contribution in [0.15, 0.2) is 52.2 Å². The second-order valence-corrected chi connectivity index (χ2v) is 7.25. The molecule has 0 bridgehead atoms. The van der Waals surface area contributed by atoms with Crippen LogP contribution in [0.4, 0.5) is 4.39 Å². The first-order chi connectivity index (χ1) is 15.0. The quantitative estimate of drug-likeness (QED) is 0.230. The first-order valence-corrected chi connectivity index (χ1v) is 11.1. The van der Waals surface area contributed by atoms with Gasteiger partial charge in [0.25, 0.3) is 5.56 Å². The van der Waals surface area contributed by atoms with Gasteiger partial charge >= 0.3 is 11.7 Å². The maximum Gasteiger partial charge on any atom is 0.328 e. The van der Waals surface area contributed by atoms with E-state index in [0.717, 1.165) is 68.6 Å². The molecule has 1 rings (SSSR count). The average molecular weight is 435 g/mol. The van der Waals surface area contributed by atoms with Crippen LogP contribution in [0.25, 0.3) is 0 Å². The Balaban J connectivity index is 1.98. The van der Waals surface area contributed by atoms with E-state index in [4.69, 9.17) is 4.74 Å². The first kappa shape index (κ1) is 26.3. The number of carbonyl (C=O) groups is 1. The minimum absolute atomic E-state index is 0.00249. The van der Waals surface area contributed by atoms with E-state index >= 15 is 0 Å². The summed E-state index contributed by atoms with van der Waals surface area (Å²) in [4.78, 5) is 36.0. The topological polar surface area (TPSA) is 81.2 Å². The number of allylic oxidation sites excluding steroid dienone is 6. The predicted octanol–water partition coefficient (Wildman–Crippen LogP) is 4.81. The number of rotatable bonds is 16. The molecule has 0 saturated heterocycles. The van der Waals surface area contributed by atoms with Gasteiger partial charge < -0.3 is 4.74 Å². The van der Waals surface area contributed by atoms with Crippen molar-refractivity contribution < 1.29 is 13.9 Å². The second kappa shape index (κ2) is 17.0. The Morgan fingerprint density at radius 1 is 1.00 bits per heavy atom. The van der Waals surface area contributed by atoms with E-state index in [2.05, 4.69) is 43.4 Å². The molecular weight excluding hydrogens is 399 g/mol. The van der Waals surface area contributed by atoms with Crippen LogP contribution in [0.5, 0.6) is 0 Å². The molecule has 0 spiro atoms. The van der Waals surface area contributed by atoms with Crippen LogP contribution in [0.3, 0.4) is 0 Å². The molecule has 0 aliphatic carbocycles. The van der Waals surface area contributed by atoms with Crippen LogP contribution in [-0.2, 0) is 16.1 Å². The van der Waals surface area contributed by atoms with Gasteiger partial charge in [-0.25, -0.2) is 4.79 Å². The molecule has 1 aromatic heterocycles. The highest BCUT2D eigenvalue weighted by atomic mass is 19.1. The minimum atomic E-state index is -1.06. The smallest absolute Gasteiger partial charge is 0.328 e. The highest BCUT2D eigenvalue weighted by Crippen LogP contribution is 2.08. The number of H-pyrrole nitrogens is 1. The third-order valence-corrected chi connectivity index (χ3v) is 4.59. The molecule has 0 aliphatic heterocycles. The molecule has 6 nitrogen and oxygen atoms in total. The van der Waals surface area contributed by atoms with Crippen molar-refractivity contribution in [3.63, 3.8) is 0 Å². The van der Waals surface area contributed by atoms with Gasteiger partial charge in [0.2, 0.25) is 5.82 Å². The molecule has 172 valence electrons. The molecule has 0 atom stereocenters. The van der Waals surface area contributed by atoms with Crippen molar-refractivity contribution in [1.82, 2.24) is 9.55 Å². The Bertz CT molecular complexity index is 837. The van der Waals surface area contributed by atoms with E-state index in [-0.39, 0.29) is 19.1 Å². The van der Waals surface area contributed by atoms with Crippen LogP contribution < -0.4 is 11.2 Å². The largest absolute Gasteiger partial charge is 0.464 e. The van der Waals surface area contributed by atoms with Crippen molar-refractivity contribution in [3.05, 3.63) is 69.3 Å². The second-order valence-electron chi connectivity index (χ2n) is 7.25. The molecule has 1 heterocycles. The maximum absolute atomic E-state index is 13.2.